The molecule has 0 aliphatic heterocycles. The number of rotatable bonds is 15. The molecule has 1 aromatic heterocycles. The fourth-order valence-corrected chi connectivity index (χ4v) is 5.96. The predicted molar refractivity (Wildman–Crippen MR) is 167 cm³/mol. The van der Waals surface area contributed by atoms with Crippen LogP contribution in [0.15, 0.2) is 12.3 Å². The van der Waals surface area contributed by atoms with Gasteiger partial charge in [-0.2, -0.15) is 5.10 Å². The standard InChI is InChI=1S/C29H48IN4O4P/c1-28(2,3)38-27(35)33(5)15-14-32(4)16-25-17-34(39-30)31-26(25)24-10-12-29(13-11-24,20-36-18-22-6-7-22)21-37-19-23-8-9-23/h10,17,22-23,39H,6-9,11-16,18-21H2,1-5H3. The van der Waals surface area contributed by atoms with E-state index in [1.54, 1.807) is 11.9 Å². The number of halogens is 1. The molecule has 0 N–H and O–H groups in total. The molecule has 1 atom stereocenters. The van der Waals surface area contributed by atoms with Gasteiger partial charge in [0, 0.05) is 57.1 Å². The quantitative estimate of drug-likeness (QED) is 0.159. The van der Waals surface area contributed by atoms with Crippen molar-refractivity contribution >= 4 is 40.1 Å². The summed E-state index contributed by atoms with van der Waals surface area (Å²) in [5.74, 6) is 1.57. The van der Waals surface area contributed by atoms with Crippen molar-refractivity contribution in [2.24, 2.45) is 17.3 Å². The van der Waals surface area contributed by atoms with Gasteiger partial charge in [-0.05, 0) is 112 Å². The van der Waals surface area contributed by atoms with Gasteiger partial charge in [-0.15, -0.1) is 0 Å². The van der Waals surface area contributed by atoms with Gasteiger partial charge in [-0.25, -0.2) is 9.25 Å². The Labute approximate surface area is 249 Å². The van der Waals surface area contributed by atoms with Gasteiger partial charge in [0.15, 0.2) is 0 Å². The molecule has 8 nitrogen and oxygen atoms in total. The lowest BCUT2D eigenvalue weighted by molar-refractivity contribution is -0.0317. The Balaban J connectivity index is 1.36. The molecule has 1 heterocycles. The maximum absolute atomic E-state index is 12.3. The van der Waals surface area contributed by atoms with E-state index in [2.05, 4.69) is 50.7 Å². The highest BCUT2D eigenvalue weighted by molar-refractivity contribution is 14.2. The first-order valence-corrected chi connectivity index (χ1v) is 18.5. The van der Waals surface area contributed by atoms with Crippen molar-refractivity contribution in [1.29, 1.82) is 0 Å². The second-order valence-corrected chi connectivity index (χ2v) is 15.1. The van der Waals surface area contributed by atoms with Crippen LogP contribution in [0.4, 0.5) is 4.79 Å². The summed E-state index contributed by atoms with van der Waals surface area (Å²) in [6, 6.07) is 0. The molecule has 4 rings (SSSR count). The summed E-state index contributed by atoms with van der Waals surface area (Å²) < 4.78 is 20.0. The average Bonchev–Trinajstić information content (AvgIpc) is 3.82. The van der Waals surface area contributed by atoms with Crippen molar-refractivity contribution in [3.63, 3.8) is 0 Å². The van der Waals surface area contributed by atoms with Crippen molar-refractivity contribution < 1.29 is 19.0 Å². The van der Waals surface area contributed by atoms with Crippen LogP contribution in [0.5, 0.6) is 0 Å². The fraction of sp³-hybridized carbons (Fsp3) is 0.793. The first kappa shape index (κ1) is 31.2. The van der Waals surface area contributed by atoms with Gasteiger partial charge in [0.1, 0.15) is 5.60 Å². The molecule has 220 valence electrons. The number of carbonyl (C=O) groups excluding carboxylic acids is 1. The SMILES string of the molecule is CN(CCN(C)C(=O)OC(C)(C)C)Cc1cn(PI)nc1C1=CCC(COCC2CC2)(COCC2CC2)CC1. The van der Waals surface area contributed by atoms with E-state index in [0.29, 0.717) is 12.9 Å². The van der Waals surface area contributed by atoms with Crippen molar-refractivity contribution in [3.8, 4) is 0 Å². The molecule has 3 aliphatic rings. The number of nitrogens with zero attached hydrogens (tertiary/aromatic N) is 4. The van der Waals surface area contributed by atoms with Gasteiger partial charge < -0.3 is 24.0 Å². The first-order chi connectivity index (χ1) is 18.6. The Kier molecular flexibility index (Phi) is 11.2. The molecule has 3 aliphatic carbocycles. The lowest BCUT2D eigenvalue weighted by Gasteiger charge is -2.36. The molecule has 0 bridgehead atoms. The molecule has 39 heavy (non-hydrogen) atoms. The maximum atomic E-state index is 12.3. The van der Waals surface area contributed by atoms with Crippen LogP contribution in [0.3, 0.4) is 0 Å². The maximum Gasteiger partial charge on any atom is 0.410 e. The van der Waals surface area contributed by atoms with Crippen LogP contribution in [0, 0.1) is 17.3 Å². The van der Waals surface area contributed by atoms with Crippen LogP contribution in [0.1, 0.15) is 77.0 Å². The zero-order valence-electron chi connectivity index (χ0n) is 24.5. The summed E-state index contributed by atoms with van der Waals surface area (Å²) in [6.07, 6.45) is 13.2. The number of aromatic nitrogens is 2. The number of likely N-dealkylation sites (N-methyl/N-ethyl adjacent to an activating group) is 2. The Hall–Kier alpha value is -0.740. The van der Waals surface area contributed by atoms with Crippen LogP contribution in [0.2, 0.25) is 0 Å². The van der Waals surface area contributed by atoms with Crippen molar-refractivity contribution in [3.05, 3.63) is 23.5 Å². The Morgan fingerprint density at radius 2 is 1.77 bits per heavy atom. The van der Waals surface area contributed by atoms with Crippen LogP contribution >= 0.6 is 28.4 Å². The summed E-state index contributed by atoms with van der Waals surface area (Å²) in [5.41, 5.74) is 3.30. The van der Waals surface area contributed by atoms with E-state index >= 15 is 0 Å². The largest absolute Gasteiger partial charge is 0.444 e. The summed E-state index contributed by atoms with van der Waals surface area (Å²) >= 11 is 2.39. The lowest BCUT2D eigenvalue weighted by atomic mass is 9.75. The lowest BCUT2D eigenvalue weighted by Crippen LogP contribution is -2.38. The van der Waals surface area contributed by atoms with E-state index in [0.717, 1.165) is 76.3 Å². The van der Waals surface area contributed by atoms with Gasteiger partial charge in [-0.1, -0.05) is 6.08 Å². The van der Waals surface area contributed by atoms with E-state index in [4.69, 9.17) is 19.3 Å². The van der Waals surface area contributed by atoms with Crippen LogP contribution in [-0.4, -0.2) is 84.7 Å². The summed E-state index contributed by atoms with van der Waals surface area (Å²) in [6.45, 7) is 11.2. The third-order valence-electron chi connectivity index (χ3n) is 7.77. The number of hydrogen-bond donors (Lipinski definition) is 0. The average molecular weight is 675 g/mol. The fourth-order valence-electron chi connectivity index (χ4n) is 4.88. The molecule has 1 amide bonds. The van der Waals surface area contributed by atoms with Crippen LogP contribution in [-0.2, 0) is 20.8 Å². The Morgan fingerprint density at radius 1 is 1.13 bits per heavy atom. The topological polar surface area (TPSA) is 69.1 Å². The van der Waals surface area contributed by atoms with Gasteiger partial charge in [0.2, 0.25) is 0 Å². The molecule has 2 fully saturated rings. The van der Waals surface area contributed by atoms with E-state index < -0.39 is 5.60 Å². The minimum absolute atomic E-state index is 0.0735. The highest BCUT2D eigenvalue weighted by Crippen LogP contribution is 2.42. The molecule has 0 aromatic carbocycles. The molecule has 1 aromatic rings. The molecular weight excluding hydrogens is 626 g/mol. The van der Waals surface area contributed by atoms with Crippen molar-refractivity contribution in [1.82, 2.24) is 19.4 Å². The zero-order chi connectivity index (χ0) is 28.0. The predicted octanol–water partition coefficient (Wildman–Crippen LogP) is 6.38. The summed E-state index contributed by atoms with van der Waals surface area (Å²) in [5, 5.41) is 4.98. The Bertz CT molecular complexity index is 968. The van der Waals surface area contributed by atoms with E-state index in [-0.39, 0.29) is 11.5 Å². The highest BCUT2D eigenvalue weighted by Gasteiger charge is 2.36. The number of hydrogen-bond acceptors (Lipinski definition) is 6. The zero-order valence-corrected chi connectivity index (χ0v) is 27.7. The van der Waals surface area contributed by atoms with Crippen LogP contribution in [0.25, 0.3) is 5.57 Å². The van der Waals surface area contributed by atoms with E-state index in [1.807, 2.05) is 20.8 Å². The second kappa shape index (κ2) is 14.0. The van der Waals surface area contributed by atoms with Gasteiger partial charge in [-0.3, -0.25) is 0 Å². The molecule has 10 heteroatoms. The molecule has 2 saturated carbocycles. The van der Waals surface area contributed by atoms with Crippen molar-refractivity contribution in [2.75, 3.05) is 53.6 Å². The minimum atomic E-state index is -0.487. The van der Waals surface area contributed by atoms with Crippen LogP contribution < -0.4 is 0 Å². The van der Waals surface area contributed by atoms with E-state index in [9.17, 15) is 4.79 Å². The molecular formula is C29H48IN4O4P. The monoisotopic (exact) mass is 674 g/mol. The number of ether oxygens (including phenoxy) is 3. The van der Waals surface area contributed by atoms with Crippen molar-refractivity contribution in [2.45, 2.75) is 77.9 Å². The van der Waals surface area contributed by atoms with E-state index in [1.165, 1.54) is 36.8 Å². The normalized spacial score (nSPS) is 19.6. The first-order valence-electron chi connectivity index (χ1n) is 14.5. The minimum Gasteiger partial charge on any atom is -0.444 e. The second-order valence-electron chi connectivity index (χ2n) is 13.0. The van der Waals surface area contributed by atoms with Gasteiger partial charge >= 0.3 is 6.09 Å². The third-order valence-corrected chi connectivity index (χ3v) is 9.65. The molecule has 0 spiro atoms. The third kappa shape index (κ3) is 10.2. The summed E-state index contributed by atoms with van der Waals surface area (Å²) in [7, 11) is 3.90. The number of carbonyl (C=O) groups is 1. The summed E-state index contributed by atoms with van der Waals surface area (Å²) in [4.78, 5) is 16.2. The number of amides is 1. The van der Waals surface area contributed by atoms with Gasteiger partial charge in [0.25, 0.3) is 0 Å². The molecule has 1 unspecified atom stereocenters. The molecule has 0 saturated heterocycles. The smallest absolute Gasteiger partial charge is 0.410 e. The number of allylic oxidation sites excluding steroid dienone is 2. The highest BCUT2D eigenvalue weighted by atomic mass is 127. The Morgan fingerprint density at radius 3 is 2.28 bits per heavy atom. The molecule has 0 radical (unpaired) electrons. The van der Waals surface area contributed by atoms with Gasteiger partial charge in [0.05, 0.1) is 25.3 Å².